The molecule has 4 rings (SSSR count). The van der Waals surface area contributed by atoms with Crippen LogP contribution in [0.3, 0.4) is 0 Å². The van der Waals surface area contributed by atoms with Crippen molar-refractivity contribution in [3.8, 4) is 17.0 Å². The maximum absolute atomic E-state index is 12.2. The van der Waals surface area contributed by atoms with E-state index in [1.165, 1.54) is 16.6 Å². The summed E-state index contributed by atoms with van der Waals surface area (Å²) in [5.74, 6) is -1.90. The number of nitrogens with zero attached hydrogens (tertiary/aromatic N) is 1. The van der Waals surface area contributed by atoms with Crippen molar-refractivity contribution in [2.24, 2.45) is 0 Å². The Hall–Kier alpha value is -3.06. The van der Waals surface area contributed by atoms with Gasteiger partial charge in [0, 0.05) is 47.2 Å². The Morgan fingerprint density at radius 1 is 1.21 bits per heavy atom. The van der Waals surface area contributed by atoms with E-state index < -0.39 is 22.8 Å². The molecule has 1 aliphatic rings. The number of pyridine rings is 1. The number of carboxylic acids is 1. The Morgan fingerprint density at radius 2 is 1.96 bits per heavy atom. The summed E-state index contributed by atoms with van der Waals surface area (Å²) in [4.78, 5) is 32.0. The summed E-state index contributed by atoms with van der Waals surface area (Å²) in [7, 11) is 2.13. The molecule has 0 amide bonds. The lowest BCUT2D eigenvalue weighted by molar-refractivity contribution is 0.0691. The molecule has 0 unspecified atom stereocenters. The molecule has 28 heavy (non-hydrogen) atoms. The number of aromatic carboxylic acids is 1. The first-order valence-corrected chi connectivity index (χ1v) is 9.44. The van der Waals surface area contributed by atoms with E-state index in [1.54, 1.807) is 0 Å². The van der Waals surface area contributed by atoms with Crippen molar-refractivity contribution in [3.05, 3.63) is 50.9 Å². The van der Waals surface area contributed by atoms with E-state index in [1.807, 2.05) is 25.1 Å². The van der Waals surface area contributed by atoms with Gasteiger partial charge in [-0.1, -0.05) is 19.1 Å². The molecule has 7 nitrogen and oxygen atoms in total. The molecule has 0 radical (unpaired) electrons. The number of likely N-dealkylation sites (N-methyl/N-ethyl adjacent to an activating group) is 1. The number of hydrogen-bond acceptors (Lipinski definition) is 4. The number of aromatic amines is 2. The maximum atomic E-state index is 12.2. The molecule has 3 heterocycles. The van der Waals surface area contributed by atoms with E-state index in [9.17, 15) is 19.8 Å². The molecule has 4 N–H and O–H groups in total. The highest BCUT2D eigenvalue weighted by atomic mass is 16.4. The molecule has 0 atom stereocenters. The number of aromatic nitrogens is 2. The molecule has 1 aromatic carbocycles. The first kappa shape index (κ1) is 18.3. The van der Waals surface area contributed by atoms with E-state index in [0.717, 1.165) is 37.0 Å². The summed E-state index contributed by atoms with van der Waals surface area (Å²) < 4.78 is 0. The van der Waals surface area contributed by atoms with Gasteiger partial charge in [-0.2, -0.15) is 0 Å². The van der Waals surface area contributed by atoms with Gasteiger partial charge in [-0.15, -0.1) is 0 Å². The molecule has 0 aliphatic carbocycles. The van der Waals surface area contributed by atoms with Crippen molar-refractivity contribution < 1.29 is 15.0 Å². The standard InChI is InChI=1S/C21H23N3O4/c1-3-12-18(23-20(26)17(19(12)25)21(27)28)11-4-5-13-14-6-8-24(2)9-7-15(14)22-16(13)10-11/h4-5,10,22H,3,6-9H2,1-2H3,(H,27,28)(H2,23,25,26). The quantitative estimate of drug-likeness (QED) is 0.557. The summed E-state index contributed by atoms with van der Waals surface area (Å²) in [5.41, 5.74) is 3.76. The fourth-order valence-corrected chi connectivity index (χ4v) is 4.10. The van der Waals surface area contributed by atoms with Crippen LogP contribution in [-0.4, -0.2) is 51.2 Å². The third-order valence-electron chi connectivity index (χ3n) is 5.63. The normalized spacial score (nSPS) is 14.8. The van der Waals surface area contributed by atoms with E-state index in [2.05, 4.69) is 21.9 Å². The Bertz CT molecular complexity index is 1140. The van der Waals surface area contributed by atoms with Gasteiger partial charge in [0.05, 0.1) is 5.69 Å². The number of rotatable bonds is 3. The number of aromatic hydroxyl groups is 1. The van der Waals surface area contributed by atoms with Gasteiger partial charge in [0.1, 0.15) is 5.75 Å². The molecule has 0 fully saturated rings. The molecule has 3 aromatic rings. The Morgan fingerprint density at radius 3 is 2.68 bits per heavy atom. The third-order valence-corrected chi connectivity index (χ3v) is 5.63. The van der Waals surface area contributed by atoms with Crippen LogP contribution < -0.4 is 5.56 Å². The second-order valence-corrected chi connectivity index (χ2v) is 7.34. The molecule has 0 spiro atoms. The zero-order valence-corrected chi connectivity index (χ0v) is 15.9. The lowest BCUT2D eigenvalue weighted by atomic mass is 9.99. The van der Waals surface area contributed by atoms with Gasteiger partial charge >= 0.3 is 5.97 Å². The lowest BCUT2D eigenvalue weighted by Crippen LogP contribution is -2.21. The predicted octanol–water partition coefficient (Wildman–Crippen LogP) is 2.52. The minimum absolute atomic E-state index is 0.393. The van der Waals surface area contributed by atoms with Crippen molar-refractivity contribution in [1.29, 1.82) is 0 Å². The van der Waals surface area contributed by atoms with Crippen LogP contribution in [0.2, 0.25) is 0 Å². The van der Waals surface area contributed by atoms with E-state index in [4.69, 9.17) is 0 Å². The summed E-state index contributed by atoms with van der Waals surface area (Å²) in [6.45, 7) is 3.83. The van der Waals surface area contributed by atoms with Crippen molar-refractivity contribution >= 4 is 16.9 Å². The predicted molar refractivity (Wildman–Crippen MR) is 107 cm³/mol. The minimum Gasteiger partial charge on any atom is -0.506 e. The summed E-state index contributed by atoms with van der Waals surface area (Å²) >= 11 is 0. The average Bonchev–Trinajstić information content (AvgIpc) is 2.90. The number of H-pyrrole nitrogens is 2. The van der Waals surface area contributed by atoms with Crippen molar-refractivity contribution in [3.63, 3.8) is 0 Å². The number of benzene rings is 1. The van der Waals surface area contributed by atoms with E-state index >= 15 is 0 Å². The average molecular weight is 381 g/mol. The molecule has 2 aromatic heterocycles. The fourth-order valence-electron chi connectivity index (χ4n) is 4.10. The van der Waals surface area contributed by atoms with Crippen LogP contribution in [-0.2, 0) is 19.3 Å². The molecule has 7 heteroatoms. The van der Waals surface area contributed by atoms with Crippen LogP contribution in [0, 0.1) is 0 Å². The first-order valence-electron chi connectivity index (χ1n) is 9.44. The van der Waals surface area contributed by atoms with Crippen molar-refractivity contribution in [2.45, 2.75) is 26.2 Å². The number of fused-ring (bicyclic) bond motifs is 3. The Balaban J connectivity index is 1.87. The first-order chi connectivity index (χ1) is 13.4. The van der Waals surface area contributed by atoms with Gasteiger partial charge in [0.15, 0.2) is 5.56 Å². The number of nitrogens with one attached hydrogen (secondary N) is 2. The molecule has 1 aliphatic heterocycles. The fraction of sp³-hybridized carbons (Fsp3) is 0.333. The molecule has 146 valence electrons. The zero-order valence-electron chi connectivity index (χ0n) is 15.9. The van der Waals surface area contributed by atoms with Crippen LogP contribution in [0.4, 0.5) is 0 Å². The van der Waals surface area contributed by atoms with Crippen LogP contribution >= 0.6 is 0 Å². The van der Waals surface area contributed by atoms with E-state index in [0.29, 0.717) is 17.7 Å². The summed E-state index contributed by atoms with van der Waals surface area (Å²) in [6.07, 6.45) is 2.33. The molecule has 0 saturated heterocycles. The minimum atomic E-state index is -1.44. The molecule has 0 bridgehead atoms. The van der Waals surface area contributed by atoms with Crippen LogP contribution in [0.25, 0.3) is 22.2 Å². The molecular weight excluding hydrogens is 358 g/mol. The largest absolute Gasteiger partial charge is 0.506 e. The topological polar surface area (TPSA) is 109 Å². The van der Waals surface area contributed by atoms with Gasteiger partial charge in [-0.25, -0.2) is 4.79 Å². The second kappa shape index (κ2) is 6.83. The second-order valence-electron chi connectivity index (χ2n) is 7.34. The van der Waals surface area contributed by atoms with Gasteiger partial charge < -0.3 is 25.1 Å². The number of carboxylic acid groups (broad SMARTS) is 1. The SMILES string of the molecule is CCc1c(-c2ccc3c4c([nH]c3c2)CCN(C)CC4)[nH]c(=O)c(C(=O)O)c1O. The van der Waals surface area contributed by atoms with Crippen molar-refractivity contribution in [2.75, 3.05) is 20.1 Å². The number of carbonyl (C=O) groups is 1. The third kappa shape index (κ3) is 2.88. The van der Waals surface area contributed by atoms with Crippen LogP contribution in [0.5, 0.6) is 5.75 Å². The summed E-state index contributed by atoms with van der Waals surface area (Å²) in [6, 6.07) is 5.90. The van der Waals surface area contributed by atoms with Gasteiger partial charge in [0.2, 0.25) is 0 Å². The number of hydrogen-bond donors (Lipinski definition) is 4. The smallest absolute Gasteiger partial charge is 0.345 e. The van der Waals surface area contributed by atoms with Crippen molar-refractivity contribution in [1.82, 2.24) is 14.9 Å². The molecular formula is C21H23N3O4. The molecule has 0 saturated carbocycles. The Labute approximate surface area is 161 Å². The lowest BCUT2D eigenvalue weighted by Gasteiger charge is -2.13. The monoisotopic (exact) mass is 381 g/mol. The van der Waals surface area contributed by atoms with E-state index in [-0.39, 0.29) is 0 Å². The highest BCUT2D eigenvalue weighted by Gasteiger charge is 2.22. The van der Waals surface area contributed by atoms with Gasteiger partial charge in [-0.3, -0.25) is 4.79 Å². The van der Waals surface area contributed by atoms with Crippen LogP contribution in [0.15, 0.2) is 23.0 Å². The maximum Gasteiger partial charge on any atom is 0.345 e. The Kier molecular flexibility index (Phi) is 4.47. The van der Waals surface area contributed by atoms with Gasteiger partial charge in [0.25, 0.3) is 5.56 Å². The highest BCUT2D eigenvalue weighted by molar-refractivity contribution is 5.93. The van der Waals surface area contributed by atoms with Gasteiger partial charge in [-0.05, 0) is 31.5 Å². The zero-order chi connectivity index (χ0) is 20.0. The van der Waals surface area contributed by atoms with Crippen LogP contribution in [0.1, 0.15) is 34.1 Å². The summed E-state index contributed by atoms with van der Waals surface area (Å²) in [5, 5.41) is 20.8. The highest BCUT2D eigenvalue weighted by Crippen LogP contribution is 2.33.